The van der Waals surface area contributed by atoms with Crippen LogP contribution in [-0.4, -0.2) is 29.1 Å². The van der Waals surface area contributed by atoms with Crippen LogP contribution in [-0.2, 0) is 0 Å². The molecule has 0 spiro atoms. The van der Waals surface area contributed by atoms with Crippen molar-refractivity contribution in [2.45, 2.75) is 26.9 Å². The fraction of sp³-hybridized carbons (Fsp3) is 0.250. The maximum atomic E-state index is 12.7. The molecule has 3 aromatic rings. The summed E-state index contributed by atoms with van der Waals surface area (Å²) in [6.07, 6.45) is 1.50. The molecule has 1 heterocycles. The SMILES string of the molecule is COc1cc(C=Nn2c(C)nc3ccccc3c2=O)cc(Cl)c1OC(C)C. The second kappa shape index (κ2) is 7.80. The van der Waals surface area contributed by atoms with Gasteiger partial charge in [-0.1, -0.05) is 23.7 Å². The highest BCUT2D eigenvalue weighted by Gasteiger charge is 2.13. The molecule has 0 N–H and O–H groups in total. The monoisotopic (exact) mass is 385 g/mol. The van der Waals surface area contributed by atoms with Crippen LogP contribution in [0.25, 0.3) is 10.9 Å². The number of rotatable bonds is 5. The predicted octanol–water partition coefficient (Wildman–Crippen LogP) is 4.04. The van der Waals surface area contributed by atoms with Crippen LogP contribution < -0.4 is 15.0 Å². The second-order valence-electron chi connectivity index (χ2n) is 6.24. The van der Waals surface area contributed by atoms with Crippen LogP contribution in [0.1, 0.15) is 25.2 Å². The van der Waals surface area contributed by atoms with Crippen LogP contribution in [0, 0.1) is 6.92 Å². The zero-order valence-electron chi connectivity index (χ0n) is 15.6. The van der Waals surface area contributed by atoms with Gasteiger partial charge in [0.2, 0.25) is 0 Å². The minimum absolute atomic E-state index is 0.0409. The third-order valence-corrected chi connectivity index (χ3v) is 4.12. The van der Waals surface area contributed by atoms with Gasteiger partial charge in [-0.25, -0.2) is 4.98 Å². The van der Waals surface area contributed by atoms with Gasteiger partial charge in [-0.05, 0) is 50.6 Å². The standard InChI is InChI=1S/C20H20ClN3O3/c1-12(2)27-19-16(21)9-14(10-18(19)26-4)11-22-24-13(3)23-17-8-6-5-7-15(17)20(24)25/h5-12H,1-4H3. The molecular formula is C20H20ClN3O3. The van der Waals surface area contributed by atoms with Gasteiger partial charge in [0.15, 0.2) is 11.5 Å². The summed E-state index contributed by atoms with van der Waals surface area (Å²) in [6.45, 7) is 5.55. The Morgan fingerprint density at radius 1 is 1.26 bits per heavy atom. The van der Waals surface area contributed by atoms with Crippen LogP contribution >= 0.6 is 11.6 Å². The highest BCUT2D eigenvalue weighted by atomic mass is 35.5. The van der Waals surface area contributed by atoms with Crippen molar-refractivity contribution in [1.82, 2.24) is 9.66 Å². The normalized spacial score (nSPS) is 11.5. The average Bonchev–Trinajstić information content (AvgIpc) is 2.63. The Balaban J connectivity index is 2.03. The summed E-state index contributed by atoms with van der Waals surface area (Å²) in [7, 11) is 1.54. The lowest BCUT2D eigenvalue weighted by molar-refractivity contribution is 0.230. The van der Waals surface area contributed by atoms with Crippen molar-refractivity contribution in [2.75, 3.05) is 7.11 Å². The first-order valence-corrected chi connectivity index (χ1v) is 8.85. The molecule has 1 aromatic heterocycles. The van der Waals surface area contributed by atoms with Crippen molar-refractivity contribution in [3.63, 3.8) is 0 Å². The highest BCUT2D eigenvalue weighted by molar-refractivity contribution is 6.32. The van der Waals surface area contributed by atoms with E-state index >= 15 is 0 Å². The summed E-state index contributed by atoms with van der Waals surface area (Å²) in [6, 6.07) is 10.6. The van der Waals surface area contributed by atoms with E-state index in [1.165, 1.54) is 4.68 Å². The van der Waals surface area contributed by atoms with E-state index in [1.807, 2.05) is 19.9 Å². The number of para-hydroxylation sites is 1. The third-order valence-electron chi connectivity index (χ3n) is 3.84. The molecule has 7 heteroatoms. The molecule has 0 saturated heterocycles. The number of halogens is 1. The largest absolute Gasteiger partial charge is 0.493 e. The van der Waals surface area contributed by atoms with Crippen LogP contribution in [0.15, 0.2) is 46.3 Å². The predicted molar refractivity (Wildman–Crippen MR) is 108 cm³/mol. The van der Waals surface area contributed by atoms with Gasteiger partial charge >= 0.3 is 0 Å². The summed E-state index contributed by atoms with van der Waals surface area (Å²) >= 11 is 6.33. The molecule has 0 saturated carbocycles. The fourth-order valence-electron chi connectivity index (χ4n) is 2.66. The van der Waals surface area contributed by atoms with Crippen molar-refractivity contribution in [1.29, 1.82) is 0 Å². The smallest absolute Gasteiger partial charge is 0.282 e. The van der Waals surface area contributed by atoms with Gasteiger partial charge in [-0.2, -0.15) is 9.78 Å². The van der Waals surface area contributed by atoms with Crippen LogP contribution in [0.3, 0.4) is 0 Å². The van der Waals surface area contributed by atoms with Gasteiger partial charge in [0.05, 0.1) is 35.4 Å². The number of aryl methyl sites for hydroxylation is 1. The van der Waals surface area contributed by atoms with Gasteiger partial charge in [0.25, 0.3) is 5.56 Å². The molecule has 0 fully saturated rings. The number of benzene rings is 2. The summed E-state index contributed by atoms with van der Waals surface area (Å²) in [5, 5.41) is 5.21. The van der Waals surface area contributed by atoms with Crippen LogP contribution in [0.4, 0.5) is 0 Å². The second-order valence-corrected chi connectivity index (χ2v) is 6.65. The number of nitrogens with zero attached hydrogens (tertiary/aromatic N) is 3. The number of hydrogen-bond donors (Lipinski definition) is 0. The zero-order chi connectivity index (χ0) is 19.6. The first-order valence-electron chi connectivity index (χ1n) is 8.47. The number of aromatic nitrogens is 2. The molecule has 140 valence electrons. The summed E-state index contributed by atoms with van der Waals surface area (Å²) in [4.78, 5) is 17.1. The Hall–Kier alpha value is -2.86. The molecule has 0 aliphatic carbocycles. The third kappa shape index (κ3) is 3.95. The molecule has 0 amide bonds. The molecule has 0 aliphatic heterocycles. The molecule has 0 atom stereocenters. The maximum absolute atomic E-state index is 12.7. The Morgan fingerprint density at radius 3 is 2.70 bits per heavy atom. The zero-order valence-corrected chi connectivity index (χ0v) is 16.3. The van der Waals surface area contributed by atoms with E-state index in [1.54, 1.807) is 50.6 Å². The van der Waals surface area contributed by atoms with Gasteiger partial charge in [0.1, 0.15) is 5.82 Å². The molecule has 0 aliphatic rings. The number of ether oxygens (including phenoxy) is 2. The molecule has 2 aromatic carbocycles. The van der Waals surface area contributed by atoms with E-state index in [4.69, 9.17) is 21.1 Å². The Labute approximate surface area is 162 Å². The van der Waals surface area contributed by atoms with Crippen molar-refractivity contribution >= 4 is 28.7 Å². The lowest BCUT2D eigenvalue weighted by Gasteiger charge is -2.15. The minimum Gasteiger partial charge on any atom is -0.493 e. The maximum Gasteiger partial charge on any atom is 0.282 e. The van der Waals surface area contributed by atoms with Crippen molar-refractivity contribution in [3.8, 4) is 11.5 Å². The first-order chi connectivity index (χ1) is 12.9. The van der Waals surface area contributed by atoms with E-state index in [9.17, 15) is 4.79 Å². The topological polar surface area (TPSA) is 65.7 Å². The molecular weight excluding hydrogens is 366 g/mol. The molecule has 3 rings (SSSR count). The molecule has 0 unspecified atom stereocenters. The summed E-state index contributed by atoms with van der Waals surface area (Å²) < 4.78 is 12.3. The molecule has 6 nitrogen and oxygen atoms in total. The Morgan fingerprint density at radius 2 is 2.00 bits per heavy atom. The molecule has 27 heavy (non-hydrogen) atoms. The van der Waals surface area contributed by atoms with E-state index in [-0.39, 0.29) is 11.7 Å². The first kappa shape index (κ1) is 18.9. The molecule has 0 bridgehead atoms. The van der Waals surface area contributed by atoms with E-state index < -0.39 is 0 Å². The fourth-order valence-corrected chi connectivity index (χ4v) is 2.92. The number of fused-ring (bicyclic) bond motifs is 1. The average molecular weight is 386 g/mol. The van der Waals surface area contributed by atoms with Gasteiger partial charge in [-0.3, -0.25) is 4.79 Å². The highest BCUT2D eigenvalue weighted by Crippen LogP contribution is 2.36. The Kier molecular flexibility index (Phi) is 5.46. The lowest BCUT2D eigenvalue weighted by Crippen LogP contribution is -2.20. The quantitative estimate of drug-likeness (QED) is 0.622. The summed E-state index contributed by atoms with van der Waals surface area (Å²) in [5.74, 6) is 1.47. The van der Waals surface area contributed by atoms with E-state index in [0.717, 1.165) is 0 Å². The number of methoxy groups -OCH3 is 1. The van der Waals surface area contributed by atoms with Gasteiger partial charge in [0, 0.05) is 0 Å². The van der Waals surface area contributed by atoms with E-state index in [2.05, 4.69) is 10.1 Å². The summed E-state index contributed by atoms with van der Waals surface area (Å²) in [5.41, 5.74) is 1.09. The Bertz CT molecular complexity index is 1070. The van der Waals surface area contributed by atoms with Crippen molar-refractivity contribution in [2.24, 2.45) is 5.10 Å². The number of hydrogen-bond acceptors (Lipinski definition) is 5. The van der Waals surface area contributed by atoms with Crippen LogP contribution in [0.2, 0.25) is 5.02 Å². The van der Waals surface area contributed by atoms with Crippen LogP contribution in [0.5, 0.6) is 11.5 Å². The molecule has 0 radical (unpaired) electrons. The van der Waals surface area contributed by atoms with Gasteiger partial charge in [-0.15, -0.1) is 0 Å². The van der Waals surface area contributed by atoms with Crippen molar-refractivity contribution < 1.29 is 9.47 Å². The van der Waals surface area contributed by atoms with Gasteiger partial charge < -0.3 is 9.47 Å². The minimum atomic E-state index is -0.229. The van der Waals surface area contributed by atoms with Crippen molar-refractivity contribution in [3.05, 3.63) is 63.2 Å². The lowest BCUT2D eigenvalue weighted by atomic mass is 10.2. The van der Waals surface area contributed by atoms with E-state index in [0.29, 0.717) is 38.8 Å².